The molecule has 2 aromatic heterocycles. The van der Waals surface area contributed by atoms with Crippen LogP contribution in [0.1, 0.15) is 10.6 Å². The van der Waals surface area contributed by atoms with Crippen molar-refractivity contribution in [1.29, 1.82) is 5.26 Å². The molecule has 2 aromatic carbocycles. The molecule has 0 amide bonds. The summed E-state index contributed by atoms with van der Waals surface area (Å²) in [6, 6.07) is 16.1. The Morgan fingerprint density at radius 2 is 1.63 bits per heavy atom. The van der Waals surface area contributed by atoms with Crippen molar-refractivity contribution < 1.29 is 4.42 Å². The van der Waals surface area contributed by atoms with Crippen LogP contribution >= 0.6 is 57.7 Å². The second-order valence-electron chi connectivity index (χ2n) is 6.16. The molecule has 0 N–H and O–H groups in total. The molecule has 0 aliphatic heterocycles. The third kappa shape index (κ3) is 4.41. The summed E-state index contributed by atoms with van der Waals surface area (Å²) in [5.41, 5.74) is 2.43. The van der Waals surface area contributed by atoms with Gasteiger partial charge in [0.05, 0.1) is 10.6 Å². The molecule has 30 heavy (non-hydrogen) atoms. The zero-order valence-corrected chi connectivity index (χ0v) is 18.8. The smallest absolute Gasteiger partial charge is 0.154 e. The monoisotopic (exact) mass is 490 g/mol. The van der Waals surface area contributed by atoms with Gasteiger partial charge in [-0.15, -0.1) is 11.3 Å². The molecule has 4 aromatic rings. The summed E-state index contributed by atoms with van der Waals surface area (Å²) in [5.74, 6) is 1.17. The number of allylic oxidation sites excluding steroid dienone is 1. The van der Waals surface area contributed by atoms with Gasteiger partial charge in [-0.05, 0) is 54.1 Å². The number of aromatic nitrogens is 1. The third-order valence-electron chi connectivity index (χ3n) is 4.17. The number of benzene rings is 2. The number of halogens is 4. The lowest BCUT2D eigenvalue weighted by Crippen LogP contribution is -1.83. The van der Waals surface area contributed by atoms with E-state index >= 15 is 0 Å². The van der Waals surface area contributed by atoms with E-state index in [1.165, 1.54) is 11.3 Å². The van der Waals surface area contributed by atoms with Crippen LogP contribution in [0.25, 0.3) is 34.4 Å². The highest BCUT2D eigenvalue weighted by molar-refractivity contribution is 7.11. The lowest BCUT2D eigenvalue weighted by molar-refractivity contribution is 0.595. The SMILES string of the molecule is N#C/C(=C/c1ccc(Cl)cc1Cl)c1nc(-c2ccc(-c3ccc(Cl)cc3Cl)o2)cs1. The quantitative estimate of drug-likeness (QED) is 0.268. The Balaban J connectivity index is 1.65. The molecule has 0 saturated carbocycles. The second-order valence-corrected chi connectivity index (χ2v) is 8.71. The Kier molecular flexibility index (Phi) is 6.19. The molecule has 0 radical (unpaired) electrons. The number of nitriles is 1. The number of thiazole rings is 1. The highest BCUT2D eigenvalue weighted by atomic mass is 35.5. The minimum absolute atomic E-state index is 0.392. The third-order valence-corrected chi connectivity index (χ3v) is 6.16. The Morgan fingerprint density at radius 3 is 2.33 bits per heavy atom. The number of hydrogen-bond acceptors (Lipinski definition) is 4. The van der Waals surface area contributed by atoms with E-state index in [9.17, 15) is 5.26 Å². The highest BCUT2D eigenvalue weighted by Gasteiger charge is 2.15. The topological polar surface area (TPSA) is 49.8 Å². The van der Waals surface area contributed by atoms with Crippen LogP contribution in [-0.2, 0) is 0 Å². The molecular weight excluding hydrogens is 482 g/mol. The fourth-order valence-corrected chi connectivity index (χ4v) is 4.48. The van der Waals surface area contributed by atoms with Crippen LogP contribution in [0.15, 0.2) is 58.3 Å². The predicted molar refractivity (Wildman–Crippen MR) is 125 cm³/mol. The van der Waals surface area contributed by atoms with E-state index in [1.807, 2.05) is 17.5 Å². The number of nitrogens with zero attached hydrogens (tertiary/aromatic N) is 2. The highest BCUT2D eigenvalue weighted by Crippen LogP contribution is 2.35. The zero-order valence-electron chi connectivity index (χ0n) is 15.0. The van der Waals surface area contributed by atoms with Crippen LogP contribution in [0.4, 0.5) is 0 Å². The van der Waals surface area contributed by atoms with Gasteiger partial charge in [-0.25, -0.2) is 4.98 Å². The summed E-state index contributed by atoms with van der Waals surface area (Å²) in [5, 5.41) is 14.0. The molecule has 2 heterocycles. The fraction of sp³-hybridized carbons (Fsp3) is 0. The van der Waals surface area contributed by atoms with Crippen LogP contribution in [0, 0.1) is 11.3 Å². The molecular formula is C22H10Cl4N2OS. The maximum absolute atomic E-state index is 9.60. The van der Waals surface area contributed by atoms with Gasteiger partial charge >= 0.3 is 0 Å². The summed E-state index contributed by atoms with van der Waals surface area (Å²) in [6.45, 7) is 0. The van der Waals surface area contributed by atoms with Gasteiger partial charge in [-0.3, -0.25) is 0 Å². The van der Waals surface area contributed by atoms with Crippen molar-refractivity contribution in [3.63, 3.8) is 0 Å². The average Bonchev–Trinajstić information content (AvgIpc) is 3.37. The summed E-state index contributed by atoms with van der Waals surface area (Å²) in [4.78, 5) is 4.55. The van der Waals surface area contributed by atoms with Crippen LogP contribution in [0.2, 0.25) is 20.1 Å². The van der Waals surface area contributed by atoms with Gasteiger partial charge in [0.25, 0.3) is 0 Å². The molecule has 0 atom stereocenters. The molecule has 3 nitrogen and oxygen atoms in total. The summed E-state index contributed by atoms with van der Waals surface area (Å²) in [7, 11) is 0. The molecule has 0 spiro atoms. The Labute approximate surface area is 196 Å². The average molecular weight is 492 g/mol. The van der Waals surface area contributed by atoms with E-state index < -0.39 is 0 Å². The Hall–Kier alpha value is -2.26. The molecule has 0 aliphatic carbocycles. The largest absolute Gasteiger partial charge is 0.454 e. The van der Waals surface area contributed by atoms with E-state index in [0.29, 0.717) is 53.4 Å². The lowest BCUT2D eigenvalue weighted by Gasteiger charge is -2.01. The molecule has 0 fully saturated rings. The van der Waals surface area contributed by atoms with Gasteiger partial charge in [-0.2, -0.15) is 5.26 Å². The lowest BCUT2D eigenvalue weighted by atomic mass is 10.1. The van der Waals surface area contributed by atoms with Crippen molar-refractivity contribution in [2.45, 2.75) is 0 Å². The van der Waals surface area contributed by atoms with Crippen LogP contribution in [-0.4, -0.2) is 4.98 Å². The van der Waals surface area contributed by atoms with Gasteiger partial charge in [0.2, 0.25) is 0 Å². The van der Waals surface area contributed by atoms with Crippen molar-refractivity contribution in [2.75, 3.05) is 0 Å². The normalized spacial score (nSPS) is 11.5. The maximum Gasteiger partial charge on any atom is 0.154 e. The standard InChI is InChI=1S/C22H10Cl4N2OS/c23-14-2-1-12(17(25)8-14)7-13(10-27)22-28-19(11-30-22)21-6-5-20(29-21)16-4-3-15(24)9-18(16)26/h1-9,11H/b13-7-. The first-order valence-corrected chi connectivity index (χ1v) is 10.9. The van der Waals surface area contributed by atoms with Gasteiger partial charge < -0.3 is 4.42 Å². The summed E-state index contributed by atoms with van der Waals surface area (Å²) in [6.07, 6.45) is 1.68. The number of hydrogen-bond donors (Lipinski definition) is 0. The van der Waals surface area contributed by atoms with Gasteiger partial charge in [0.1, 0.15) is 22.5 Å². The van der Waals surface area contributed by atoms with Crippen molar-refractivity contribution in [3.8, 4) is 28.8 Å². The maximum atomic E-state index is 9.60. The minimum atomic E-state index is 0.392. The van der Waals surface area contributed by atoms with Crippen molar-refractivity contribution in [2.24, 2.45) is 0 Å². The van der Waals surface area contributed by atoms with E-state index in [2.05, 4.69) is 11.1 Å². The predicted octanol–water partition coefficient (Wildman–Crippen LogP) is 8.75. The van der Waals surface area contributed by atoms with Crippen molar-refractivity contribution in [1.82, 2.24) is 4.98 Å². The second kappa shape index (κ2) is 8.85. The van der Waals surface area contributed by atoms with E-state index in [1.54, 1.807) is 42.5 Å². The number of rotatable bonds is 4. The van der Waals surface area contributed by atoms with Crippen LogP contribution < -0.4 is 0 Å². The fourth-order valence-electron chi connectivity index (χ4n) is 2.74. The molecule has 0 bridgehead atoms. The Morgan fingerprint density at radius 1 is 0.933 bits per heavy atom. The first kappa shape index (κ1) is 21.0. The molecule has 0 saturated heterocycles. The van der Waals surface area contributed by atoms with E-state index in [4.69, 9.17) is 50.8 Å². The first-order chi connectivity index (χ1) is 14.4. The van der Waals surface area contributed by atoms with Crippen LogP contribution in [0.3, 0.4) is 0 Å². The number of furan rings is 1. The first-order valence-electron chi connectivity index (χ1n) is 8.53. The summed E-state index contributed by atoms with van der Waals surface area (Å²) < 4.78 is 5.93. The van der Waals surface area contributed by atoms with Crippen LogP contribution in [0.5, 0.6) is 0 Å². The van der Waals surface area contributed by atoms with Crippen molar-refractivity contribution >= 4 is 69.4 Å². The van der Waals surface area contributed by atoms with Gasteiger partial charge in [0, 0.05) is 26.0 Å². The van der Waals surface area contributed by atoms with Gasteiger partial charge in [0.15, 0.2) is 5.76 Å². The summed E-state index contributed by atoms with van der Waals surface area (Å²) >= 11 is 25.7. The van der Waals surface area contributed by atoms with Gasteiger partial charge in [-0.1, -0.05) is 52.5 Å². The van der Waals surface area contributed by atoms with E-state index in [-0.39, 0.29) is 0 Å². The Bertz CT molecular complexity index is 1320. The minimum Gasteiger partial charge on any atom is -0.454 e. The zero-order chi connectivity index (χ0) is 21.3. The molecule has 0 unspecified atom stereocenters. The molecule has 148 valence electrons. The van der Waals surface area contributed by atoms with Crippen molar-refractivity contribution in [3.05, 3.63) is 84.6 Å². The molecule has 0 aliphatic rings. The van der Waals surface area contributed by atoms with E-state index in [0.717, 1.165) is 5.56 Å². The molecule has 4 rings (SSSR count). The molecule has 8 heteroatoms.